The molecule has 3 heterocycles. The summed E-state index contributed by atoms with van der Waals surface area (Å²) in [6, 6.07) is 1.56. The van der Waals surface area contributed by atoms with E-state index in [2.05, 4.69) is 20.2 Å². The van der Waals surface area contributed by atoms with Gasteiger partial charge in [-0.25, -0.2) is 4.98 Å². The highest BCUT2D eigenvalue weighted by atomic mass is 16.2. The summed E-state index contributed by atoms with van der Waals surface area (Å²) in [6.45, 7) is 1.36. The summed E-state index contributed by atoms with van der Waals surface area (Å²) in [5.74, 6) is 0.271. The second kappa shape index (κ2) is 5.64. The van der Waals surface area contributed by atoms with Crippen molar-refractivity contribution in [3.05, 3.63) is 45.4 Å². The summed E-state index contributed by atoms with van der Waals surface area (Å²) in [5, 5.41) is 7.23. The number of carbonyl (C=O) groups excluding carboxylic acids is 1. The molecule has 4 rings (SSSR count). The van der Waals surface area contributed by atoms with Crippen molar-refractivity contribution in [3.63, 3.8) is 0 Å². The van der Waals surface area contributed by atoms with Crippen molar-refractivity contribution < 1.29 is 4.79 Å². The molecule has 0 bridgehead atoms. The highest BCUT2D eigenvalue weighted by Gasteiger charge is 2.30. The Bertz CT molecular complexity index is 786. The molecule has 0 atom stereocenters. The van der Waals surface area contributed by atoms with Crippen LogP contribution in [0.15, 0.2) is 17.2 Å². The third-order valence-corrected chi connectivity index (χ3v) is 4.91. The number of fused-ring (bicyclic) bond motifs is 1. The number of likely N-dealkylation sites (tertiary alicyclic amines) is 1. The van der Waals surface area contributed by atoms with Crippen LogP contribution in [0.3, 0.4) is 0 Å². The van der Waals surface area contributed by atoms with Gasteiger partial charge in [-0.2, -0.15) is 5.10 Å². The molecule has 2 aliphatic rings. The summed E-state index contributed by atoms with van der Waals surface area (Å²) < 4.78 is 0. The van der Waals surface area contributed by atoms with Gasteiger partial charge in [-0.1, -0.05) is 0 Å². The number of rotatable bonds is 2. The van der Waals surface area contributed by atoms with E-state index in [4.69, 9.17) is 0 Å². The van der Waals surface area contributed by atoms with Gasteiger partial charge in [0.05, 0.1) is 12.0 Å². The first kappa shape index (κ1) is 14.2. The molecule has 2 N–H and O–H groups in total. The number of aromatic nitrogens is 4. The number of hydrogen-bond acceptors (Lipinski definition) is 4. The van der Waals surface area contributed by atoms with Crippen LogP contribution in [0, 0.1) is 0 Å². The van der Waals surface area contributed by atoms with E-state index in [1.807, 2.05) is 4.90 Å². The van der Waals surface area contributed by atoms with Crippen molar-refractivity contribution in [1.29, 1.82) is 0 Å². The first-order chi connectivity index (χ1) is 11.2. The Morgan fingerprint density at radius 2 is 2.09 bits per heavy atom. The van der Waals surface area contributed by atoms with E-state index in [0.717, 1.165) is 49.1 Å². The summed E-state index contributed by atoms with van der Waals surface area (Å²) >= 11 is 0. The number of H-pyrrole nitrogens is 2. The van der Waals surface area contributed by atoms with E-state index in [1.165, 1.54) is 6.33 Å². The number of carbonyl (C=O) groups is 1. The van der Waals surface area contributed by atoms with Crippen molar-refractivity contribution in [3.8, 4) is 0 Å². The minimum absolute atomic E-state index is 0.0294. The number of aromatic amines is 2. The van der Waals surface area contributed by atoms with Gasteiger partial charge in [0.15, 0.2) is 5.69 Å². The van der Waals surface area contributed by atoms with E-state index in [9.17, 15) is 9.59 Å². The van der Waals surface area contributed by atoms with Crippen LogP contribution in [0.5, 0.6) is 0 Å². The second-order valence-electron chi connectivity index (χ2n) is 6.29. The normalized spacial score (nSPS) is 18.2. The highest BCUT2D eigenvalue weighted by Crippen LogP contribution is 2.28. The molecule has 0 unspecified atom stereocenters. The Balaban J connectivity index is 1.45. The van der Waals surface area contributed by atoms with Crippen LogP contribution in [0.25, 0.3) is 0 Å². The lowest BCUT2D eigenvalue weighted by atomic mass is 9.93. The van der Waals surface area contributed by atoms with E-state index < -0.39 is 0 Å². The minimum Gasteiger partial charge on any atom is -0.337 e. The van der Waals surface area contributed by atoms with Gasteiger partial charge in [-0.15, -0.1) is 0 Å². The average Bonchev–Trinajstić information content (AvgIpc) is 3.18. The fourth-order valence-electron chi connectivity index (χ4n) is 3.63. The monoisotopic (exact) mass is 313 g/mol. The van der Waals surface area contributed by atoms with Gasteiger partial charge in [0.2, 0.25) is 0 Å². The lowest BCUT2D eigenvalue weighted by molar-refractivity contribution is 0.0705. The molecular weight excluding hydrogens is 294 g/mol. The van der Waals surface area contributed by atoms with Crippen molar-refractivity contribution in [2.45, 2.75) is 38.0 Å². The zero-order valence-corrected chi connectivity index (χ0v) is 12.8. The van der Waals surface area contributed by atoms with Crippen LogP contribution in [0.4, 0.5) is 0 Å². The highest BCUT2D eigenvalue weighted by molar-refractivity contribution is 5.94. The molecule has 0 saturated carbocycles. The first-order valence-corrected chi connectivity index (χ1v) is 8.12. The van der Waals surface area contributed by atoms with E-state index >= 15 is 0 Å². The maximum atomic E-state index is 12.7. The molecule has 7 nitrogen and oxygen atoms in total. The molecule has 0 radical (unpaired) electrons. The Labute approximate surface area is 133 Å². The van der Waals surface area contributed by atoms with Crippen molar-refractivity contribution >= 4 is 5.91 Å². The van der Waals surface area contributed by atoms with Crippen molar-refractivity contribution in [1.82, 2.24) is 25.1 Å². The van der Waals surface area contributed by atoms with Crippen LogP contribution >= 0.6 is 0 Å². The van der Waals surface area contributed by atoms with E-state index in [1.54, 1.807) is 6.07 Å². The standard InChI is InChI=1S/C16H19N5O2/c22-14-8-13(17-9-18-14)10-4-6-21(7-5-10)16(23)15-11-2-1-3-12(11)19-20-15/h8-10H,1-7H2,(H,19,20)(H,17,18,22). The fourth-order valence-corrected chi connectivity index (χ4v) is 3.63. The number of amides is 1. The van der Waals surface area contributed by atoms with Crippen LogP contribution in [0.2, 0.25) is 0 Å². The first-order valence-electron chi connectivity index (χ1n) is 8.12. The molecule has 2 aromatic heterocycles. The van der Waals surface area contributed by atoms with Gasteiger partial charge in [0.25, 0.3) is 11.5 Å². The number of hydrogen-bond donors (Lipinski definition) is 2. The largest absolute Gasteiger partial charge is 0.337 e. The van der Waals surface area contributed by atoms with Crippen LogP contribution < -0.4 is 5.56 Å². The Morgan fingerprint density at radius 1 is 1.26 bits per heavy atom. The van der Waals surface area contributed by atoms with Gasteiger partial charge in [0.1, 0.15) is 0 Å². The number of aryl methyl sites for hydroxylation is 1. The fraction of sp³-hybridized carbons (Fsp3) is 0.500. The number of nitrogens with zero attached hydrogens (tertiary/aromatic N) is 3. The summed E-state index contributed by atoms with van der Waals surface area (Å²) in [4.78, 5) is 32.8. The van der Waals surface area contributed by atoms with Gasteiger partial charge in [-0.05, 0) is 32.1 Å². The molecule has 1 fully saturated rings. The lowest BCUT2D eigenvalue weighted by Gasteiger charge is -2.31. The second-order valence-corrected chi connectivity index (χ2v) is 6.29. The molecule has 2 aromatic rings. The molecule has 23 heavy (non-hydrogen) atoms. The number of piperidine rings is 1. The SMILES string of the molecule is O=C(c1n[nH]c2c1CCC2)N1CCC(c2cc(=O)[nH]cn2)CC1. The molecule has 7 heteroatoms. The summed E-state index contributed by atoms with van der Waals surface area (Å²) in [5.41, 5.74) is 3.52. The van der Waals surface area contributed by atoms with Crippen molar-refractivity contribution in [2.24, 2.45) is 0 Å². The molecule has 0 aromatic carbocycles. The topological polar surface area (TPSA) is 94.7 Å². The van der Waals surface area contributed by atoms with Crippen LogP contribution in [-0.2, 0) is 12.8 Å². The molecule has 1 amide bonds. The maximum Gasteiger partial charge on any atom is 0.274 e. The third-order valence-electron chi connectivity index (χ3n) is 4.91. The Kier molecular flexibility index (Phi) is 3.48. The molecule has 0 spiro atoms. The molecular formula is C16H19N5O2. The summed E-state index contributed by atoms with van der Waals surface area (Å²) in [7, 11) is 0. The Morgan fingerprint density at radius 3 is 2.87 bits per heavy atom. The van der Waals surface area contributed by atoms with Gasteiger partial charge < -0.3 is 9.88 Å². The predicted octanol–water partition coefficient (Wildman–Crippen LogP) is 1.00. The summed E-state index contributed by atoms with van der Waals surface area (Å²) in [6.07, 6.45) is 6.14. The smallest absolute Gasteiger partial charge is 0.274 e. The predicted molar refractivity (Wildman–Crippen MR) is 83.3 cm³/mol. The van der Waals surface area contributed by atoms with E-state index in [-0.39, 0.29) is 17.4 Å². The van der Waals surface area contributed by atoms with Crippen molar-refractivity contribution in [2.75, 3.05) is 13.1 Å². The van der Waals surface area contributed by atoms with Crippen LogP contribution in [-0.4, -0.2) is 44.1 Å². The van der Waals surface area contributed by atoms with Gasteiger partial charge in [-0.3, -0.25) is 14.7 Å². The quantitative estimate of drug-likeness (QED) is 0.865. The van der Waals surface area contributed by atoms with Gasteiger partial charge in [0, 0.05) is 36.3 Å². The lowest BCUT2D eigenvalue weighted by Crippen LogP contribution is -2.38. The van der Waals surface area contributed by atoms with Gasteiger partial charge >= 0.3 is 0 Å². The third kappa shape index (κ3) is 2.56. The molecule has 1 aliphatic carbocycles. The Hall–Kier alpha value is -2.44. The van der Waals surface area contributed by atoms with E-state index in [0.29, 0.717) is 18.8 Å². The molecule has 1 saturated heterocycles. The zero-order chi connectivity index (χ0) is 15.8. The average molecular weight is 313 g/mol. The molecule has 1 aliphatic heterocycles. The molecule has 120 valence electrons. The zero-order valence-electron chi connectivity index (χ0n) is 12.8. The number of nitrogens with one attached hydrogen (secondary N) is 2. The maximum absolute atomic E-state index is 12.7. The van der Waals surface area contributed by atoms with Crippen LogP contribution in [0.1, 0.15) is 52.6 Å². The minimum atomic E-state index is -0.124.